The van der Waals surface area contributed by atoms with E-state index in [9.17, 15) is 18.0 Å². The van der Waals surface area contributed by atoms with E-state index in [1.54, 1.807) is 0 Å². The lowest BCUT2D eigenvalue weighted by atomic mass is 10.3. The number of hydrogen-bond donors (Lipinski definition) is 2. The van der Waals surface area contributed by atoms with E-state index in [-0.39, 0.29) is 22.2 Å². The molecule has 0 radical (unpaired) electrons. The third kappa shape index (κ3) is 4.97. The molecule has 2 N–H and O–H groups in total. The van der Waals surface area contributed by atoms with Crippen LogP contribution in [0.25, 0.3) is 0 Å². The first kappa shape index (κ1) is 18.4. The number of carbonyl (C=O) groups is 2. The Bertz CT molecular complexity index is 690. The molecule has 1 amide bonds. The first-order valence-corrected chi connectivity index (χ1v) is 8.52. The smallest absolute Gasteiger partial charge is 0.320 e. The van der Waals surface area contributed by atoms with Crippen LogP contribution < -0.4 is 5.32 Å². The molecule has 0 aliphatic rings. The van der Waals surface area contributed by atoms with E-state index in [1.165, 1.54) is 37.1 Å². The molecule has 1 aromatic rings. The molecule has 0 saturated carbocycles. The van der Waals surface area contributed by atoms with Crippen LogP contribution >= 0.6 is 11.6 Å². The topological polar surface area (TPSA) is 104 Å². The Balaban J connectivity index is 2.87. The van der Waals surface area contributed by atoms with Crippen LogP contribution in [0.5, 0.6) is 0 Å². The molecule has 0 heterocycles. The zero-order valence-electron chi connectivity index (χ0n) is 12.3. The van der Waals surface area contributed by atoms with Gasteiger partial charge in [-0.1, -0.05) is 11.6 Å². The lowest BCUT2D eigenvalue weighted by Crippen LogP contribution is -2.40. The third-order valence-corrected chi connectivity index (χ3v) is 4.49. The molecule has 0 saturated heterocycles. The van der Waals surface area contributed by atoms with E-state index >= 15 is 0 Å². The zero-order chi connectivity index (χ0) is 17.1. The molecule has 22 heavy (non-hydrogen) atoms. The maximum absolute atomic E-state index is 11.9. The Morgan fingerprint density at radius 2 is 2.00 bits per heavy atom. The highest BCUT2D eigenvalue weighted by Crippen LogP contribution is 2.25. The standard InChI is InChI=1S/C13H17ClN2O5S/c1-8(13(18)19)16(2)7-12(17)15-11-6-9(22(3,20)21)4-5-10(11)14/h4-6,8H,7H2,1-3H3,(H,15,17)(H,18,19). The minimum atomic E-state index is -3.42. The third-order valence-electron chi connectivity index (χ3n) is 3.05. The van der Waals surface area contributed by atoms with Crippen LogP contribution in [0.2, 0.25) is 5.02 Å². The van der Waals surface area contributed by atoms with Crippen LogP contribution in [0.1, 0.15) is 6.92 Å². The molecule has 9 heteroatoms. The number of amides is 1. The van der Waals surface area contributed by atoms with Gasteiger partial charge in [0.2, 0.25) is 5.91 Å². The molecule has 1 rings (SSSR count). The van der Waals surface area contributed by atoms with Crippen LogP contribution in [0.3, 0.4) is 0 Å². The summed E-state index contributed by atoms with van der Waals surface area (Å²) in [4.78, 5) is 24.1. The number of aliphatic carboxylic acids is 1. The van der Waals surface area contributed by atoms with E-state index in [1.807, 2.05) is 0 Å². The average Bonchev–Trinajstić information content (AvgIpc) is 2.38. The van der Waals surface area contributed by atoms with Crippen molar-refractivity contribution in [2.24, 2.45) is 0 Å². The first-order chi connectivity index (χ1) is 10.0. The number of nitrogens with zero attached hydrogens (tertiary/aromatic N) is 1. The number of hydrogen-bond acceptors (Lipinski definition) is 5. The number of carboxylic acids is 1. The number of rotatable bonds is 6. The van der Waals surface area contributed by atoms with Crippen molar-refractivity contribution >= 4 is 39.0 Å². The molecule has 0 spiro atoms. The number of benzene rings is 1. The summed E-state index contributed by atoms with van der Waals surface area (Å²) in [6.45, 7) is 1.28. The quantitative estimate of drug-likeness (QED) is 0.797. The molecular formula is C13H17ClN2O5S. The van der Waals surface area contributed by atoms with Gasteiger partial charge in [0, 0.05) is 6.26 Å². The van der Waals surface area contributed by atoms with E-state index in [2.05, 4.69) is 5.32 Å². The van der Waals surface area contributed by atoms with Gasteiger partial charge < -0.3 is 10.4 Å². The van der Waals surface area contributed by atoms with Gasteiger partial charge in [0.25, 0.3) is 0 Å². The summed E-state index contributed by atoms with van der Waals surface area (Å²) >= 11 is 5.92. The number of likely N-dealkylation sites (N-methyl/N-ethyl adjacent to an activating group) is 1. The van der Waals surface area contributed by atoms with Crippen molar-refractivity contribution in [3.8, 4) is 0 Å². The molecule has 0 bridgehead atoms. The van der Waals surface area contributed by atoms with Crippen molar-refractivity contribution in [2.45, 2.75) is 17.9 Å². The van der Waals surface area contributed by atoms with Gasteiger partial charge in [0.15, 0.2) is 9.84 Å². The van der Waals surface area contributed by atoms with Crippen LogP contribution in [0.4, 0.5) is 5.69 Å². The van der Waals surface area contributed by atoms with Crippen LogP contribution in [0.15, 0.2) is 23.1 Å². The molecule has 1 aromatic carbocycles. The Kier molecular flexibility index (Phi) is 5.92. The molecule has 0 aliphatic carbocycles. The van der Waals surface area contributed by atoms with Gasteiger partial charge in [-0.2, -0.15) is 0 Å². The number of anilines is 1. The van der Waals surface area contributed by atoms with Gasteiger partial charge in [-0.05, 0) is 32.2 Å². The summed E-state index contributed by atoms with van der Waals surface area (Å²) < 4.78 is 23.0. The fourth-order valence-corrected chi connectivity index (χ4v) is 2.38. The molecule has 0 aromatic heterocycles. The van der Waals surface area contributed by atoms with E-state index in [4.69, 9.17) is 16.7 Å². The van der Waals surface area contributed by atoms with Crippen molar-refractivity contribution in [2.75, 3.05) is 25.2 Å². The molecule has 1 atom stereocenters. The second-order valence-corrected chi connectivity index (χ2v) is 7.31. The van der Waals surface area contributed by atoms with Crippen molar-refractivity contribution in [3.05, 3.63) is 23.2 Å². The van der Waals surface area contributed by atoms with Crippen LogP contribution in [-0.2, 0) is 19.4 Å². The first-order valence-electron chi connectivity index (χ1n) is 6.25. The number of nitrogens with one attached hydrogen (secondary N) is 1. The molecule has 122 valence electrons. The normalized spacial score (nSPS) is 13.0. The van der Waals surface area contributed by atoms with E-state index in [0.29, 0.717) is 0 Å². The van der Waals surface area contributed by atoms with Crippen LogP contribution in [-0.4, -0.2) is 56.2 Å². The average molecular weight is 349 g/mol. The Hall–Kier alpha value is -1.64. The number of halogens is 1. The minimum absolute atomic E-state index is 0.0273. The van der Waals surface area contributed by atoms with Gasteiger partial charge in [0.1, 0.15) is 6.04 Å². The predicted molar refractivity (Wildman–Crippen MR) is 82.9 cm³/mol. The van der Waals surface area contributed by atoms with E-state index in [0.717, 1.165) is 6.26 Å². The maximum Gasteiger partial charge on any atom is 0.320 e. The predicted octanol–water partition coefficient (Wildman–Crippen LogP) is 1.09. The summed E-state index contributed by atoms with van der Waals surface area (Å²) in [5, 5.41) is 11.5. The summed E-state index contributed by atoms with van der Waals surface area (Å²) in [5.74, 6) is -1.55. The van der Waals surface area contributed by atoms with Gasteiger partial charge >= 0.3 is 5.97 Å². The van der Waals surface area contributed by atoms with Crippen molar-refractivity contribution in [1.29, 1.82) is 0 Å². The van der Waals surface area contributed by atoms with Gasteiger partial charge in [0.05, 0.1) is 22.2 Å². The fourth-order valence-electron chi connectivity index (χ4n) is 1.57. The Morgan fingerprint density at radius 1 is 1.41 bits per heavy atom. The van der Waals surface area contributed by atoms with Gasteiger partial charge in [-0.3, -0.25) is 14.5 Å². The fraction of sp³-hybridized carbons (Fsp3) is 0.385. The summed E-state index contributed by atoms with van der Waals surface area (Å²) in [6.07, 6.45) is 1.05. The van der Waals surface area contributed by atoms with E-state index < -0.39 is 27.8 Å². The number of carbonyl (C=O) groups excluding carboxylic acids is 1. The zero-order valence-corrected chi connectivity index (χ0v) is 13.9. The van der Waals surface area contributed by atoms with Gasteiger partial charge in [-0.25, -0.2) is 8.42 Å². The maximum atomic E-state index is 11.9. The summed E-state index contributed by atoms with van der Waals surface area (Å²) in [7, 11) is -1.93. The Labute approximate surface area is 133 Å². The largest absolute Gasteiger partial charge is 0.480 e. The lowest BCUT2D eigenvalue weighted by molar-refractivity contribution is -0.142. The second kappa shape index (κ2) is 7.08. The van der Waals surface area contributed by atoms with Crippen molar-refractivity contribution < 1.29 is 23.1 Å². The summed E-state index contributed by atoms with van der Waals surface area (Å²) in [6, 6.07) is 3.14. The molecule has 0 aliphatic heterocycles. The van der Waals surface area contributed by atoms with Crippen molar-refractivity contribution in [1.82, 2.24) is 4.90 Å². The van der Waals surface area contributed by atoms with Crippen molar-refractivity contribution in [3.63, 3.8) is 0 Å². The molecule has 7 nitrogen and oxygen atoms in total. The van der Waals surface area contributed by atoms with Gasteiger partial charge in [-0.15, -0.1) is 0 Å². The van der Waals surface area contributed by atoms with Crippen LogP contribution in [0, 0.1) is 0 Å². The highest BCUT2D eigenvalue weighted by Gasteiger charge is 2.20. The highest BCUT2D eigenvalue weighted by atomic mass is 35.5. The number of sulfone groups is 1. The molecule has 1 unspecified atom stereocenters. The highest BCUT2D eigenvalue weighted by molar-refractivity contribution is 7.90. The molecule has 0 fully saturated rings. The SMILES string of the molecule is CC(C(=O)O)N(C)CC(=O)Nc1cc(S(C)(=O)=O)ccc1Cl. The second-order valence-electron chi connectivity index (χ2n) is 4.89. The Morgan fingerprint density at radius 3 is 2.50 bits per heavy atom. The minimum Gasteiger partial charge on any atom is -0.480 e. The molecular weight excluding hydrogens is 332 g/mol. The lowest BCUT2D eigenvalue weighted by Gasteiger charge is -2.20. The monoisotopic (exact) mass is 348 g/mol. The number of carboxylic acid groups (broad SMARTS) is 1. The summed E-state index contributed by atoms with van der Waals surface area (Å²) in [5.41, 5.74) is 0.158.